The second-order valence-corrected chi connectivity index (χ2v) is 6.80. The predicted octanol–water partition coefficient (Wildman–Crippen LogP) is 3.68. The first-order valence-corrected chi connectivity index (χ1v) is 7.62. The van der Waals surface area contributed by atoms with Gasteiger partial charge in [0.25, 0.3) is 0 Å². The highest BCUT2D eigenvalue weighted by Gasteiger charge is 2.28. The van der Waals surface area contributed by atoms with E-state index in [2.05, 4.69) is 37.4 Å². The lowest BCUT2D eigenvalue weighted by molar-refractivity contribution is 0.0976. The molecule has 1 heterocycles. The summed E-state index contributed by atoms with van der Waals surface area (Å²) in [6.07, 6.45) is 6.51. The Morgan fingerprint density at radius 3 is 2.79 bits per heavy atom. The van der Waals surface area contributed by atoms with E-state index in [9.17, 15) is 0 Å². The molecular weight excluding hydrogens is 234 g/mol. The highest BCUT2D eigenvalue weighted by Crippen LogP contribution is 2.37. The lowest BCUT2D eigenvalue weighted by Gasteiger charge is -2.35. The number of hydrogen-bond acceptors (Lipinski definition) is 2. The van der Waals surface area contributed by atoms with Crippen molar-refractivity contribution in [3.63, 3.8) is 0 Å². The van der Waals surface area contributed by atoms with E-state index in [1.165, 1.54) is 36.8 Å². The third-order valence-corrected chi connectivity index (χ3v) is 4.68. The normalized spacial score (nSPS) is 22.8. The van der Waals surface area contributed by atoms with Gasteiger partial charge in [-0.1, -0.05) is 26.0 Å². The summed E-state index contributed by atoms with van der Waals surface area (Å²) in [7, 11) is 0. The highest BCUT2D eigenvalue weighted by molar-refractivity contribution is 5.41. The van der Waals surface area contributed by atoms with Crippen LogP contribution >= 0.6 is 0 Å². The number of benzene rings is 1. The van der Waals surface area contributed by atoms with Crippen molar-refractivity contribution in [1.29, 1.82) is 0 Å². The SMILES string of the molecule is CC1(C)CCC(Oc2cccc3c2CNCC3)CC1. The second kappa shape index (κ2) is 5.16. The molecule has 1 fully saturated rings. The predicted molar refractivity (Wildman–Crippen MR) is 78.5 cm³/mol. The summed E-state index contributed by atoms with van der Waals surface area (Å²) in [5, 5.41) is 3.45. The van der Waals surface area contributed by atoms with E-state index in [0.717, 1.165) is 25.3 Å². The van der Waals surface area contributed by atoms with Crippen LogP contribution in [0.1, 0.15) is 50.7 Å². The molecule has 1 N–H and O–H groups in total. The molecule has 2 aliphatic rings. The molecule has 2 nitrogen and oxygen atoms in total. The summed E-state index contributed by atoms with van der Waals surface area (Å²) in [4.78, 5) is 0. The Hall–Kier alpha value is -1.02. The van der Waals surface area contributed by atoms with Gasteiger partial charge in [0.05, 0.1) is 6.10 Å². The minimum atomic E-state index is 0.418. The van der Waals surface area contributed by atoms with Crippen LogP contribution < -0.4 is 10.1 Å². The van der Waals surface area contributed by atoms with Crippen molar-refractivity contribution in [1.82, 2.24) is 5.32 Å². The zero-order valence-electron chi connectivity index (χ0n) is 12.2. The zero-order valence-corrected chi connectivity index (χ0v) is 12.2. The van der Waals surface area contributed by atoms with Gasteiger partial charge in [0.2, 0.25) is 0 Å². The molecule has 0 bridgehead atoms. The first kappa shape index (κ1) is 13.0. The minimum Gasteiger partial charge on any atom is -0.490 e. The van der Waals surface area contributed by atoms with Crippen LogP contribution in [0.3, 0.4) is 0 Å². The molecule has 1 aromatic carbocycles. The molecule has 0 saturated heterocycles. The Balaban J connectivity index is 1.70. The fourth-order valence-corrected chi connectivity index (χ4v) is 3.26. The first-order chi connectivity index (χ1) is 9.14. The van der Waals surface area contributed by atoms with Crippen LogP contribution in [0.15, 0.2) is 18.2 Å². The maximum Gasteiger partial charge on any atom is 0.124 e. The highest BCUT2D eigenvalue weighted by atomic mass is 16.5. The van der Waals surface area contributed by atoms with Crippen molar-refractivity contribution in [3.05, 3.63) is 29.3 Å². The Morgan fingerprint density at radius 1 is 1.21 bits per heavy atom. The summed E-state index contributed by atoms with van der Waals surface area (Å²) in [5.41, 5.74) is 3.36. The van der Waals surface area contributed by atoms with Crippen LogP contribution in [0.2, 0.25) is 0 Å². The smallest absolute Gasteiger partial charge is 0.124 e. The van der Waals surface area contributed by atoms with Crippen LogP contribution in [0.25, 0.3) is 0 Å². The Morgan fingerprint density at radius 2 is 2.00 bits per heavy atom. The van der Waals surface area contributed by atoms with Crippen molar-refractivity contribution < 1.29 is 4.74 Å². The van der Waals surface area contributed by atoms with Gasteiger partial charge < -0.3 is 10.1 Å². The molecular formula is C17H25NO. The standard InChI is InChI=1S/C17H25NO/c1-17(2)9-6-14(7-10-17)19-16-5-3-4-13-8-11-18-12-15(13)16/h3-5,14,18H,6-12H2,1-2H3. The molecule has 1 aliphatic carbocycles. The van der Waals surface area contributed by atoms with Gasteiger partial charge >= 0.3 is 0 Å². The van der Waals surface area contributed by atoms with E-state index in [1.807, 2.05) is 0 Å². The minimum absolute atomic E-state index is 0.418. The summed E-state index contributed by atoms with van der Waals surface area (Å²) in [6, 6.07) is 6.53. The van der Waals surface area contributed by atoms with Gasteiger partial charge in [0.15, 0.2) is 0 Å². The third kappa shape index (κ3) is 2.94. The van der Waals surface area contributed by atoms with Gasteiger partial charge in [-0.25, -0.2) is 0 Å². The molecule has 2 heteroatoms. The monoisotopic (exact) mass is 259 g/mol. The summed E-state index contributed by atoms with van der Waals surface area (Å²) >= 11 is 0. The van der Waals surface area contributed by atoms with Crippen LogP contribution in [0, 0.1) is 5.41 Å². The zero-order chi connectivity index (χ0) is 13.3. The molecule has 0 unspecified atom stereocenters. The Labute approximate surface area is 116 Å². The van der Waals surface area contributed by atoms with E-state index in [0.29, 0.717) is 11.5 Å². The molecule has 0 spiro atoms. The molecule has 1 aromatic rings. The maximum atomic E-state index is 6.31. The molecule has 1 saturated carbocycles. The number of rotatable bonds is 2. The molecule has 0 aromatic heterocycles. The van der Waals surface area contributed by atoms with Gasteiger partial charge in [-0.3, -0.25) is 0 Å². The molecule has 0 amide bonds. The van der Waals surface area contributed by atoms with Crippen molar-refractivity contribution in [2.45, 2.75) is 58.6 Å². The van der Waals surface area contributed by atoms with Gasteiger partial charge in [-0.15, -0.1) is 0 Å². The molecule has 0 radical (unpaired) electrons. The average molecular weight is 259 g/mol. The molecule has 0 atom stereocenters. The second-order valence-electron chi connectivity index (χ2n) is 6.80. The average Bonchev–Trinajstić information content (AvgIpc) is 2.42. The van der Waals surface area contributed by atoms with Crippen LogP contribution in [0.4, 0.5) is 0 Å². The number of ether oxygens (including phenoxy) is 1. The molecule has 104 valence electrons. The van der Waals surface area contributed by atoms with E-state index >= 15 is 0 Å². The first-order valence-electron chi connectivity index (χ1n) is 7.62. The van der Waals surface area contributed by atoms with Crippen LogP contribution in [-0.2, 0) is 13.0 Å². The topological polar surface area (TPSA) is 21.3 Å². The number of hydrogen-bond donors (Lipinski definition) is 1. The summed E-state index contributed by atoms with van der Waals surface area (Å²) < 4.78 is 6.31. The summed E-state index contributed by atoms with van der Waals surface area (Å²) in [5.74, 6) is 1.12. The summed E-state index contributed by atoms with van der Waals surface area (Å²) in [6.45, 7) is 6.80. The number of nitrogens with one attached hydrogen (secondary N) is 1. The van der Waals surface area contributed by atoms with Crippen molar-refractivity contribution in [2.75, 3.05) is 6.54 Å². The van der Waals surface area contributed by atoms with Crippen LogP contribution in [-0.4, -0.2) is 12.6 Å². The van der Waals surface area contributed by atoms with E-state index in [-0.39, 0.29) is 0 Å². The fraction of sp³-hybridized carbons (Fsp3) is 0.647. The van der Waals surface area contributed by atoms with Crippen molar-refractivity contribution >= 4 is 0 Å². The molecule has 19 heavy (non-hydrogen) atoms. The Bertz CT molecular complexity index is 443. The van der Waals surface area contributed by atoms with Gasteiger partial charge in [-0.05, 0) is 55.7 Å². The van der Waals surface area contributed by atoms with E-state index in [1.54, 1.807) is 0 Å². The van der Waals surface area contributed by atoms with Gasteiger partial charge in [-0.2, -0.15) is 0 Å². The van der Waals surface area contributed by atoms with Gasteiger partial charge in [0.1, 0.15) is 5.75 Å². The van der Waals surface area contributed by atoms with E-state index < -0.39 is 0 Å². The lowest BCUT2D eigenvalue weighted by atomic mass is 9.76. The third-order valence-electron chi connectivity index (χ3n) is 4.68. The maximum absolute atomic E-state index is 6.31. The fourth-order valence-electron chi connectivity index (χ4n) is 3.26. The van der Waals surface area contributed by atoms with Crippen molar-refractivity contribution in [2.24, 2.45) is 5.41 Å². The van der Waals surface area contributed by atoms with E-state index in [4.69, 9.17) is 4.74 Å². The Kier molecular flexibility index (Phi) is 3.53. The largest absolute Gasteiger partial charge is 0.490 e. The quantitative estimate of drug-likeness (QED) is 0.875. The van der Waals surface area contributed by atoms with Crippen molar-refractivity contribution in [3.8, 4) is 5.75 Å². The lowest BCUT2D eigenvalue weighted by Crippen LogP contribution is -2.30. The molecule has 3 rings (SSSR count). The van der Waals surface area contributed by atoms with Crippen LogP contribution in [0.5, 0.6) is 5.75 Å². The molecule has 1 aliphatic heterocycles. The van der Waals surface area contributed by atoms with Gasteiger partial charge in [0, 0.05) is 12.1 Å². The number of fused-ring (bicyclic) bond motifs is 1.